The smallest absolute Gasteiger partial charge is 0.318 e. The van der Waals surface area contributed by atoms with E-state index in [0.717, 1.165) is 18.5 Å². The SMILES string of the molecule is CC(C)(NC(=O)c1cnc(C2CC2)c(OCC2CC2)n1)c1noc(N)n1. The number of rotatable bonds is 7. The van der Waals surface area contributed by atoms with Gasteiger partial charge in [0.1, 0.15) is 5.69 Å². The summed E-state index contributed by atoms with van der Waals surface area (Å²) in [5.41, 5.74) is 5.64. The lowest BCUT2D eigenvalue weighted by molar-refractivity contribution is 0.0900. The summed E-state index contributed by atoms with van der Waals surface area (Å²) < 4.78 is 10.6. The first-order valence-electron chi connectivity index (χ1n) is 8.84. The van der Waals surface area contributed by atoms with Crippen molar-refractivity contribution < 1.29 is 14.1 Å². The zero-order chi connectivity index (χ0) is 18.3. The quantitative estimate of drug-likeness (QED) is 0.766. The van der Waals surface area contributed by atoms with Crippen molar-refractivity contribution in [2.45, 2.75) is 51.0 Å². The molecule has 2 aromatic heterocycles. The summed E-state index contributed by atoms with van der Waals surface area (Å²) in [7, 11) is 0. The molecule has 0 spiro atoms. The predicted molar refractivity (Wildman–Crippen MR) is 91.4 cm³/mol. The Bertz CT molecular complexity index is 826. The Kier molecular flexibility index (Phi) is 4.01. The second-order valence-corrected chi connectivity index (χ2v) is 7.51. The second-order valence-electron chi connectivity index (χ2n) is 7.51. The number of anilines is 1. The minimum Gasteiger partial charge on any atom is -0.476 e. The van der Waals surface area contributed by atoms with Gasteiger partial charge in [-0.15, -0.1) is 0 Å². The molecule has 2 aromatic rings. The van der Waals surface area contributed by atoms with Gasteiger partial charge in [0, 0.05) is 5.92 Å². The van der Waals surface area contributed by atoms with Crippen molar-refractivity contribution in [3.05, 3.63) is 23.4 Å². The molecule has 26 heavy (non-hydrogen) atoms. The van der Waals surface area contributed by atoms with Gasteiger partial charge in [-0.25, -0.2) is 4.98 Å². The molecule has 138 valence electrons. The summed E-state index contributed by atoms with van der Waals surface area (Å²) >= 11 is 0. The van der Waals surface area contributed by atoms with E-state index in [9.17, 15) is 4.79 Å². The number of hydrogen-bond donors (Lipinski definition) is 2. The highest BCUT2D eigenvalue weighted by atomic mass is 16.5. The van der Waals surface area contributed by atoms with Gasteiger partial charge in [0.25, 0.3) is 5.91 Å². The van der Waals surface area contributed by atoms with E-state index in [2.05, 4.69) is 25.4 Å². The number of carbonyl (C=O) groups excluding carboxylic acids is 1. The molecule has 3 N–H and O–H groups in total. The molecule has 2 fully saturated rings. The Balaban J connectivity index is 1.52. The second kappa shape index (κ2) is 6.22. The van der Waals surface area contributed by atoms with Crippen molar-refractivity contribution >= 4 is 11.9 Å². The Labute approximate surface area is 150 Å². The number of nitrogens with one attached hydrogen (secondary N) is 1. The number of nitrogens with two attached hydrogens (primary N) is 1. The highest BCUT2D eigenvalue weighted by Crippen LogP contribution is 2.42. The van der Waals surface area contributed by atoms with E-state index in [4.69, 9.17) is 15.0 Å². The van der Waals surface area contributed by atoms with E-state index >= 15 is 0 Å². The molecular formula is C17H22N6O3. The minimum atomic E-state index is -0.871. The average molecular weight is 358 g/mol. The number of hydrogen-bond acceptors (Lipinski definition) is 8. The monoisotopic (exact) mass is 358 g/mol. The lowest BCUT2D eigenvalue weighted by atomic mass is 10.0. The summed E-state index contributed by atoms with van der Waals surface area (Å²) in [5, 5.41) is 6.60. The molecule has 2 aliphatic rings. The largest absolute Gasteiger partial charge is 0.476 e. The van der Waals surface area contributed by atoms with Gasteiger partial charge in [-0.05, 0) is 45.4 Å². The molecule has 9 nitrogen and oxygen atoms in total. The fourth-order valence-corrected chi connectivity index (χ4v) is 2.61. The Hall–Kier alpha value is -2.71. The molecule has 0 aliphatic heterocycles. The molecule has 2 aliphatic carbocycles. The molecule has 4 rings (SSSR count). The van der Waals surface area contributed by atoms with Gasteiger partial charge in [-0.2, -0.15) is 4.98 Å². The molecule has 0 radical (unpaired) electrons. The topological polar surface area (TPSA) is 129 Å². The van der Waals surface area contributed by atoms with Crippen LogP contribution in [-0.2, 0) is 5.54 Å². The average Bonchev–Trinajstić information content (AvgIpc) is 3.51. The molecule has 0 saturated heterocycles. The van der Waals surface area contributed by atoms with Crippen molar-refractivity contribution in [2.24, 2.45) is 5.92 Å². The summed E-state index contributed by atoms with van der Waals surface area (Å²) in [4.78, 5) is 25.5. The van der Waals surface area contributed by atoms with Crippen molar-refractivity contribution in [3.8, 4) is 5.88 Å². The molecule has 2 saturated carbocycles. The third-order valence-electron chi connectivity index (χ3n) is 4.54. The highest BCUT2D eigenvalue weighted by Gasteiger charge is 2.33. The van der Waals surface area contributed by atoms with Crippen molar-refractivity contribution in [1.29, 1.82) is 0 Å². The molecule has 2 heterocycles. The van der Waals surface area contributed by atoms with Gasteiger partial charge in [0.05, 0.1) is 18.3 Å². The molecule has 9 heteroatoms. The van der Waals surface area contributed by atoms with Crippen molar-refractivity contribution in [2.75, 3.05) is 12.3 Å². The number of nitrogens with zero attached hydrogens (tertiary/aromatic N) is 4. The van der Waals surface area contributed by atoms with Crippen LogP contribution in [0, 0.1) is 5.92 Å². The Morgan fingerprint density at radius 3 is 2.73 bits per heavy atom. The number of amides is 1. The first-order chi connectivity index (χ1) is 12.4. The fraction of sp³-hybridized carbons (Fsp3) is 0.588. The van der Waals surface area contributed by atoms with E-state index in [-0.39, 0.29) is 23.4 Å². The fourth-order valence-electron chi connectivity index (χ4n) is 2.61. The summed E-state index contributed by atoms with van der Waals surface area (Å²) in [5.74, 6) is 1.38. The molecule has 0 aromatic carbocycles. The summed E-state index contributed by atoms with van der Waals surface area (Å²) in [6, 6.07) is -0.0494. The third-order valence-corrected chi connectivity index (χ3v) is 4.54. The molecular weight excluding hydrogens is 336 g/mol. The summed E-state index contributed by atoms with van der Waals surface area (Å²) in [6.45, 7) is 4.14. The standard InChI is InChI=1S/C17H22N6O3/c1-17(2,15-21-16(18)26-23-15)22-13(24)11-7-19-12(10-5-6-10)14(20-11)25-8-9-3-4-9/h7,9-10H,3-6,8H2,1-2H3,(H,22,24)(H2,18,21,23). The predicted octanol–water partition coefficient (Wildman–Crippen LogP) is 1.77. The van der Waals surface area contributed by atoms with Crippen LogP contribution in [0.4, 0.5) is 6.01 Å². The molecule has 1 amide bonds. The lowest BCUT2D eigenvalue weighted by Crippen LogP contribution is -2.42. The normalized spacial score (nSPS) is 17.2. The van der Waals surface area contributed by atoms with Crippen LogP contribution in [0.5, 0.6) is 5.88 Å². The molecule has 0 unspecified atom stereocenters. The van der Waals surface area contributed by atoms with Gasteiger partial charge in [-0.1, -0.05) is 5.16 Å². The van der Waals surface area contributed by atoms with E-state index in [0.29, 0.717) is 24.3 Å². The maximum atomic E-state index is 12.7. The van der Waals surface area contributed by atoms with Gasteiger partial charge in [0.2, 0.25) is 5.88 Å². The highest BCUT2D eigenvalue weighted by molar-refractivity contribution is 5.92. The zero-order valence-corrected chi connectivity index (χ0v) is 14.9. The minimum absolute atomic E-state index is 0.0494. The Morgan fingerprint density at radius 2 is 2.12 bits per heavy atom. The van der Waals surface area contributed by atoms with E-state index in [1.807, 2.05) is 0 Å². The molecule has 0 bridgehead atoms. The van der Waals surface area contributed by atoms with E-state index in [1.165, 1.54) is 19.0 Å². The number of ether oxygens (including phenoxy) is 1. The molecule has 0 atom stereocenters. The zero-order valence-electron chi connectivity index (χ0n) is 14.9. The number of carbonyl (C=O) groups is 1. The van der Waals surface area contributed by atoms with Crippen molar-refractivity contribution in [3.63, 3.8) is 0 Å². The van der Waals surface area contributed by atoms with Gasteiger partial charge in [-0.3, -0.25) is 9.78 Å². The van der Waals surface area contributed by atoms with Crippen LogP contribution in [0.1, 0.15) is 67.5 Å². The van der Waals surface area contributed by atoms with Crippen LogP contribution in [-0.4, -0.2) is 32.6 Å². The first kappa shape index (κ1) is 16.7. The van der Waals surface area contributed by atoms with Crippen LogP contribution in [0.3, 0.4) is 0 Å². The van der Waals surface area contributed by atoms with Gasteiger partial charge < -0.3 is 20.3 Å². The van der Waals surface area contributed by atoms with Crippen LogP contribution in [0.2, 0.25) is 0 Å². The van der Waals surface area contributed by atoms with Crippen LogP contribution in [0.15, 0.2) is 10.7 Å². The van der Waals surface area contributed by atoms with Gasteiger partial charge >= 0.3 is 6.01 Å². The summed E-state index contributed by atoms with van der Waals surface area (Å²) in [6.07, 6.45) is 6.05. The van der Waals surface area contributed by atoms with Crippen LogP contribution in [0.25, 0.3) is 0 Å². The third kappa shape index (κ3) is 3.61. The van der Waals surface area contributed by atoms with Crippen LogP contribution < -0.4 is 15.8 Å². The van der Waals surface area contributed by atoms with Crippen LogP contribution >= 0.6 is 0 Å². The maximum Gasteiger partial charge on any atom is 0.318 e. The Morgan fingerprint density at radius 1 is 1.35 bits per heavy atom. The van der Waals surface area contributed by atoms with Gasteiger partial charge in [0.15, 0.2) is 11.5 Å². The first-order valence-corrected chi connectivity index (χ1v) is 8.84. The number of aromatic nitrogens is 4. The van der Waals surface area contributed by atoms with Crippen molar-refractivity contribution in [1.82, 2.24) is 25.4 Å². The maximum absolute atomic E-state index is 12.7. The van der Waals surface area contributed by atoms with E-state index < -0.39 is 5.54 Å². The number of nitrogen functional groups attached to an aromatic ring is 1. The lowest BCUT2D eigenvalue weighted by Gasteiger charge is -2.22. The van der Waals surface area contributed by atoms with E-state index in [1.54, 1.807) is 13.8 Å².